The van der Waals surface area contributed by atoms with E-state index >= 15 is 0 Å². The number of hydrogen-bond donors (Lipinski definition) is 1. The summed E-state index contributed by atoms with van der Waals surface area (Å²) in [6.07, 6.45) is 1.55. The molecule has 1 fully saturated rings. The monoisotopic (exact) mass is 228 g/mol. The van der Waals surface area contributed by atoms with Crippen molar-refractivity contribution in [3.63, 3.8) is 0 Å². The number of hydrogen-bond acceptors (Lipinski definition) is 3. The molecule has 0 spiro atoms. The van der Waals surface area contributed by atoms with Crippen LogP contribution in [0.4, 0.5) is 0 Å². The van der Waals surface area contributed by atoms with Crippen molar-refractivity contribution >= 4 is 0 Å². The molecule has 0 aliphatic carbocycles. The highest BCUT2D eigenvalue weighted by Crippen LogP contribution is 2.20. The van der Waals surface area contributed by atoms with E-state index in [2.05, 4.69) is 44.8 Å². The van der Waals surface area contributed by atoms with E-state index < -0.39 is 0 Å². The molecular weight excluding hydrogens is 200 g/mol. The zero-order valence-electron chi connectivity index (χ0n) is 11.5. The molecule has 1 heterocycles. The van der Waals surface area contributed by atoms with E-state index in [1.54, 1.807) is 0 Å². The molecule has 2 unspecified atom stereocenters. The quantitative estimate of drug-likeness (QED) is 0.777. The molecule has 0 saturated carbocycles. The zero-order chi connectivity index (χ0) is 12.2. The van der Waals surface area contributed by atoms with Crippen molar-refractivity contribution in [3.8, 4) is 0 Å². The third kappa shape index (κ3) is 4.81. The maximum Gasteiger partial charge on any atom is 0.0757 e. The number of nitrogens with zero attached hydrogens (tertiary/aromatic N) is 1. The third-order valence-electron chi connectivity index (χ3n) is 3.17. The number of ether oxygens (including phenoxy) is 1. The largest absolute Gasteiger partial charge is 0.370 e. The lowest BCUT2D eigenvalue weighted by molar-refractivity contribution is -0.128. The van der Waals surface area contributed by atoms with Crippen LogP contribution in [0.1, 0.15) is 41.0 Å². The van der Waals surface area contributed by atoms with Gasteiger partial charge in [-0.05, 0) is 34.1 Å². The van der Waals surface area contributed by atoms with Crippen LogP contribution >= 0.6 is 0 Å². The fourth-order valence-electron chi connectivity index (χ4n) is 2.37. The highest BCUT2D eigenvalue weighted by Gasteiger charge is 2.30. The lowest BCUT2D eigenvalue weighted by atomic mass is 10.1. The Morgan fingerprint density at radius 1 is 1.50 bits per heavy atom. The predicted octanol–water partition coefficient (Wildman–Crippen LogP) is 1.87. The van der Waals surface area contributed by atoms with Crippen LogP contribution in [-0.4, -0.2) is 48.8 Å². The fourth-order valence-corrected chi connectivity index (χ4v) is 2.37. The van der Waals surface area contributed by atoms with Crippen LogP contribution in [0.5, 0.6) is 0 Å². The van der Waals surface area contributed by atoms with Crippen LogP contribution in [0, 0.1) is 0 Å². The molecule has 0 aromatic heterocycles. The van der Waals surface area contributed by atoms with E-state index in [9.17, 15) is 0 Å². The SMILES string of the molecule is CCC(C)NCCN1CC(C)OC(C)(C)C1. The Morgan fingerprint density at radius 2 is 2.19 bits per heavy atom. The normalized spacial score (nSPS) is 27.9. The van der Waals surface area contributed by atoms with E-state index in [-0.39, 0.29) is 5.60 Å². The fraction of sp³-hybridized carbons (Fsp3) is 1.00. The number of rotatable bonds is 5. The molecule has 1 saturated heterocycles. The molecule has 3 nitrogen and oxygen atoms in total. The Hall–Kier alpha value is -0.120. The molecule has 0 amide bonds. The molecule has 2 atom stereocenters. The summed E-state index contributed by atoms with van der Waals surface area (Å²) in [6.45, 7) is 15.3. The minimum absolute atomic E-state index is 0.00798. The van der Waals surface area contributed by atoms with E-state index in [4.69, 9.17) is 4.74 Å². The van der Waals surface area contributed by atoms with Gasteiger partial charge < -0.3 is 10.1 Å². The zero-order valence-corrected chi connectivity index (χ0v) is 11.5. The molecule has 0 aromatic carbocycles. The first-order chi connectivity index (χ1) is 7.43. The minimum Gasteiger partial charge on any atom is -0.370 e. The molecule has 1 rings (SSSR count). The molecule has 0 aromatic rings. The van der Waals surface area contributed by atoms with E-state index in [0.717, 1.165) is 26.2 Å². The lowest BCUT2D eigenvalue weighted by Crippen LogP contribution is -2.53. The van der Waals surface area contributed by atoms with Crippen LogP contribution in [0.15, 0.2) is 0 Å². The van der Waals surface area contributed by atoms with E-state index in [1.165, 1.54) is 6.42 Å². The summed E-state index contributed by atoms with van der Waals surface area (Å²) in [5.41, 5.74) is 0.00798. The van der Waals surface area contributed by atoms with E-state index in [0.29, 0.717) is 12.1 Å². The van der Waals surface area contributed by atoms with Crippen molar-refractivity contribution in [1.29, 1.82) is 0 Å². The minimum atomic E-state index is 0.00798. The van der Waals surface area contributed by atoms with Gasteiger partial charge in [0.25, 0.3) is 0 Å². The van der Waals surface area contributed by atoms with Crippen LogP contribution < -0.4 is 5.32 Å². The van der Waals surface area contributed by atoms with Crippen LogP contribution in [0.25, 0.3) is 0 Å². The standard InChI is InChI=1S/C13H28N2O/c1-6-11(2)14-7-8-15-9-12(3)16-13(4,5)10-15/h11-12,14H,6-10H2,1-5H3. The predicted molar refractivity (Wildman–Crippen MR) is 68.8 cm³/mol. The van der Waals surface area contributed by atoms with E-state index in [1.807, 2.05) is 0 Å². The maximum atomic E-state index is 5.89. The Kier molecular flexibility index (Phi) is 5.22. The Labute approximate surface area is 101 Å². The lowest BCUT2D eigenvalue weighted by Gasteiger charge is -2.41. The summed E-state index contributed by atoms with van der Waals surface area (Å²) in [5.74, 6) is 0. The van der Waals surface area contributed by atoms with Gasteiger partial charge in [0.05, 0.1) is 11.7 Å². The Bertz CT molecular complexity index is 206. The average molecular weight is 228 g/mol. The first-order valence-corrected chi connectivity index (χ1v) is 6.56. The van der Waals surface area contributed by atoms with Crippen molar-refractivity contribution in [3.05, 3.63) is 0 Å². The third-order valence-corrected chi connectivity index (χ3v) is 3.17. The molecule has 3 heteroatoms. The molecule has 0 radical (unpaired) electrons. The first kappa shape index (κ1) is 13.9. The number of nitrogens with one attached hydrogen (secondary N) is 1. The van der Waals surface area contributed by atoms with Crippen molar-refractivity contribution in [2.75, 3.05) is 26.2 Å². The van der Waals surface area contributed by atoms with Crippen molar-refractivity contribution in [2.45, 2.75) is 58.8 Å². The van der Waals surface area contributed by atoms with Crippen LogP contribution in [0.3, 0.4) is 0 Å². The molecule has 1 aliphatic rings. The van der Waals surface area contributed by atoms with Gasteiger partial charge >= 0.3 is 0 Å². The maximum absolute atomic E-state index is 5.89. The molecule has 96 valence electrons. The average Bonchev–Trinajstić information content (AvgIpc) is 2.14. The molecule has 16 heavy (non-hydrogen) atoms. The smallest absolute Gasteiger partial charge is 0.0757 e. The topological polar surface area (TPSA) is 24.5 Å². The summed E-state index contributed by atoms with van der Waals surface area (Å²) >= 11 is 0. The van der Waals surface area contributed by atoms with Gasteiger partial charge in [-0.25, -0.2) is 0 Å². The summed E-state index contributed by atoms with van der Waals surface area (Å²) in [4.78, 5) is 2.50. The molecule has 1 aliphatic heterocycles. The van der Waals surface area contributed by atoms with Crippen molar-refractivity contribution in [1.82, 2.24) is 10.2 Å². The highest BCUT2D eigenvalue weighted by molar-refractivity contribution is 4.82. The molecule has 1 N–H and O–H groups in total. The summed E-state index contributed by atoms with van der Waals surface area (Å²) < 4.78 is 5.89. The Morgan fingerprint density at radius 3 is 2.75 bits per heavy atom. The van der Waals surface area contributed by atoms with Gasteiger partial charge in [-0.1, -0.05) is 6.92 Å². The highest BCUT2D eigenvalue weighted by atomic mass is 16.5. The number of morpholine rings is 1. The summed E-state index contributed by atoms with van der Waals surface area (Å²) in [7, 11) is 0. The van der Waals surface area contributed by atoms with Gasteiger partial charge in [0.15, 0.2) is 0 Å². The Balaban J connectivity index is 2.26. The van der Waals surface area contributed by atoms with Crippen molar-refractivity contribution in [2.24, 2.45) is 0 Å². The van der Waals surface area contributed by atoms with Gasteiger partial charge in [-0.2, -0.15) is 0 Å². The summed E-state index contributed by atoms with van der Waals surface area (Å²) in [5, 5.41) is 3.54. The van der Waals surface area contributed by atoms with Gasteiger partial charge in [0.2, 0.25) is 0 Å². The van der Waals surface area contributed by atoms with Crippen LogP contribution in [-0.2, 0) is 4.74 Å². The second kappa shape index (κ2) is 5.99. The van der Waals surface area contributed by atoms with Gasteiger partial charge in [-0.3, -0.25) is 4.90 Å². The first-order valence-electron chi connectivity index (χ1n) is 6.56. The second-order valence-electron chi connectivity index (χ2n) is 5.69. The molecular formula is C13H28N2O. The van der Waals surface area contributed by atoms with Gasteiger partial charge in [0.1, 0.15) is 0 Å². The van der Waals surface area contributed by atoms with Gasteiger partial charge in [0, 0.05) is 32.2 Å². The van der Waals surface area contributed by atoms with Gasteiger partial charge in [-0.15, -0.1) is 0 Å². The second-order valence-corrected chi connectivity index (χ2v) is 5.69. The van der Waals surface area contributed by atoms with Crippen LogP contribution in [0.2, 0.25) is 0 Å². The summed E-state index contributed by atoms with van der Waals surface area (Å²) in [6, 6.07) is 0.631. The molecule has 0 bridgehead atoms. The van der Waals surface area contributed by atoms with Crippen molar-refractivity contribution < 1.29 is 4.74 Å².